The third-order valence-corrected chi connectivity index (χ3v) is 3.40. The molecule has 0 aromatic carbocycles. The maximum Gasteiger partial charge on any atom is 0.251 e. The highest BCUT2D eigenvalue weighted by Gasteiger charge is 2.16. The largest absolute Gasteiger partial charge is 0.348 e. The van der Waals surface area contributed by atoms with Gasteiger partial charge in [-0.25, -0.2) is 0 Å². The number of nitrogens with one attached hydrogen (secondary N) is 1. The van der Waals surface area contributed by atoms with Crippen LogP contribution in [0.25, 0.3) is 0 Å². The molecule has 1 amide bonds. The molecular formula is C14H22N4O. The van der Waals surface area contributed by atoms with Gasteiger partial charge >= 0.3 is 0 Å². The van der Waals surface area contributed by atoms with Gasteiger partial charge in [0.2, 0.25) is 0 Å². The monoisotopic (exact) mass is 262 g/mol. The molecule has 3 N–H and O–H groups in total. The maximum absolute atomic E-state index is 12.1. The Morgan fingerprint density at radius 3 is 2.95 bits per heavy atom. The van der Waals surface area contributed by atoms with Gasteiger partial charge in [-0.1, -0.05) is 0 Å². The van der Waals surface area contributed by atoms with Gasteiger partial charge < -0.3 is 16.0 Å². The van der Waals surface area contributed by atoms with Crippen molar-refractivity contribution in [2.45, 2.75) is 32.4 Å². The topological polar surface area (TPSA) is 71.2 Å². The zero-order valence-electron chi connectivity index (χ0n) is 11.4. The first-order valence-electron chi connectivity index (χ1n) is 6.87. The Morgan fingerprint density at radius 2 is 2.26 bits per heavy atom. The minimum atomic E-state index is -0.0520. The van der Waals surface area contributed by atoms with Crippen molar-refractivity contribution in [1.82, 2.24) is 15.2 Å². The number of hydrogen-bond donors (Lipinski definition) is 2. The van der Waals surface area contributed by atoms with E-state index in [1.165, 1.54) is 12.8 Å². The summed E-state index contributed by atoms with van der Waals surface area (Å²) in [6.45, 7) is 5.60. The van der Waals surface area contributed by atoms with Gasteiger partial charge in [-0.2, -0.15) is 0 Å². The number of likely N-dealkylation sites (tertiary alicyclic amines) is 1. The summed E-state index contributed by atoms with van der Waals surface area (Å²) in [5, 5.41) is 3.03. The van der Waals surface area contributed by atoms with Crippen molar-refractivity contribution >= 4 is 5.91 Å². The zero-order valence-corrected chi connectivity index (χ0v) is 11.4. The lowest BCUT2D eigenvalue weighted by Gasteiger charge is -2.21. The van der Waals surface area contributed by atoms with Gasteiger partial charge in [0.25, 0.3) is 5.91 Å². The van der Waals surface area contributed by atoms with Gasteiger partial charge in [-0.05, 0) is 45.0 Å². The molecule has 0 aliphatic carbocycles. The molecular weight excluding hydrogens is 240 g/mol. The minimum absolute atomic E-state index is 0.0520. The van der Waals surface area contributed by atoms with Crippen LogP contribution in [0, 0.1) is 0 Å². The van der Waals surface area contributed by atoms with E-state index in [4.69, 9.17) is 5.73 Å². The molecule has 1 saturated heterocycles. The van der Waals surface area contributed by atoms with E-state index < -0.39 is 0 Å². The predicted octanol–water partition coefficient (Wildman–Crippen LogP) is 0.754. The summed E-state index contributed by atoms with van der Waals surface area (Å²) in [4.78, 5) is 18.6. The Labute approximate surface area is 114 Å². The van der Waals surface area contributed by atoms with Gasteiger partial charge in [0, 0.05) is 30.9 Å². The van der Waals surface area contributed by atoms with Crippen molar-refractivity contribution in [3.8, 4) is 0 Å². The van der Waals surface area contributed by atoms with Crippen LogP contribution in [-0.4, -0.2) is 41.5 Å². The van der Waals surface area contributed by atoms with E-state index >= 15 is 0 Å². The number of amides is 1. The van der Waals surface area contributed by atoms with Crippen LogP contribution < -0.4 is 11.1 Å². The van der Waals surface area contributed by atoms with E-state index in [2.05, 4.69) is 15.2 Å². The van der Waals surface area contributed by atoms with Crippen LogP contribution in [0.1, 0.15) is 35.8 Å². The SMILES string of the molecule is C[C@H](CN1CCCC1)NC(=O)c1ccnc(CN)c1. The van der Waals surface area contributed by atoms with Crippen molar-refractivity contribution in [2.75, 3.05) is 19.6 Å². The van der Waals surface area contributed by atoms with Crippen LogP contribution in [0.2, 0.25) is 0 Å². The molecule has 2 heterocycles. The Morgan fingerprint density at radius 1 is 1.53 bits per heavy atom. The average Bonchev–Trinajstić information content (AvgIpc) is 2.91. The summed E-state index contributed by atoms with van der Waals surface area (Å²) in [6.07, 6.45) is 4.16. The fourth-order valence-electron chi connectivity index (χ4n) is 2.44. The van der Waals surface area contributed by atoms with Crippen molar-refractivity contribution in [2.24, 2.45) is 5.73 Å². The molecule has 0 spiro atoms. The molecule has 5 nitrogen and oxygen atoms in total. The lowest BCUT2D eigenvalue weighted by Crippen LogP contribution is -2.41. The number of hydrogen-bond acceptors (Lipinski definition) is 4. The third-order valence-electron chi connectivity index (χ3n) is 3.40. The maximum atomic E-state index is 12.1. The molecule has 1 aromatic rings. The summed E-state index contributed by atoms with van der Waals surface area (Å²) >= 11 is 0. The summed E-state index contributed by atoms with van der Waals surface area (Å²) in [6, 6.07) is 3.62. The molecule has 0 unspecified atom stereocenters. The zero-order chi connectivity index (χ0) is 13.7. The molecule has 1 atom stereocenters. The van der Waals surface area contributed by atoms with E-state index in [1.54, 1.807) is 18.3 Å². The van der Waals surface area contributed by atoms with Gasteiger partial charge in [0.15, 0.2) is 0 Å². The van der Waals surface area contributed by atoms with Gasteiger partial charge in [-0.3, -0.25) is 9.78 Å². The first-order valence-corrected chi connectivity index (χ1v) is 6.87. The molecule has 1 aliphatic rings. The van der Waals surface area contributed by atoms with Crippen molar-refractivity contribution in [3.63, 3.8) is 0 Å². The molecule has 1 aliphatic heterocycles. The summed E-state index contributed by atoms with van der Waals surface area (Å²) < 4.78 is 0. The van der Waals surface area contributed by atoms with Crippen LogP contribution in [0.15, 0.2) is 18.3 Å². The Kier molecular flexibility index (Phi) is 4.87. The van der Waals surface area contributed by atoms with Crippen LogP contribution in [0.3, 0.4) is 0 Å². The van der Waals surface area contributed by atoms with Crippen LogP contribution in [0.4, 0.5) is 0 Å². The van der Waals surface area contributed by atoms with Crippen LogP contribution >= 0.6 is 0 Å². The lowest BCUT2D eigenvalue weighted by molar-refractivity contribution is 0.0931. The molecule has 5 heteroatoms. The summed E-state index contributed by atoms with van der Waals surface area (Å²) in [5.41, 5.74) is 6.89. The highest BCUT2D eigenvalue weighted by Crippen LogP contribution is 2.08. The second kappa shape index (κ2) is 6.63. The molecule has 2 rings (SSSR count). The second-order valence-electron chi connectivity index (χ2n) is 5.12. The standard InChI is InChI=1S/C14H22N4O/c1-11(10-18-6-2-3-7-18)17-14(19)12-4-5-16-13(8-12)9-15/h4-5,8,11H,2-3,6-7,9-10,15H2,1H3,(H,17,19)/t11-/m1/s1. The van der Waals surface area contributed by atoms with Gasteiger partial charge in [-0.15, -0.1) is 0 Å². The smallest absolute Gasteiger partial charge is 0.251 e. The molecule has 1 fully saturated rings. The molecule has 0 radical (unpaired) electrons. The number of pyridine rings is 1. The summed E-state index contributed by atoms with van der Waals surface area (Å²) in [5.74, 6) is -0.0520. The Balaban J connectivity index is 1.88. The lowest BCUT2D eigenvalue weighted by atomic mass is 10.2. The number of aromatic nitrogens is 1. The highest BCUT2D eigenvalue weighted by molar-refractivity contribution is 5.94. The Bertz CT molecular complexity index is 429. The van der Waals surface area contributed by atoms with E-state index in [-0.39, 0.29) is 11.9 Å². The van der Waals surface area contributed by atoms with E-state index in [1.807, 2.05) is 6.92 Å². The molecule has 0 saturated carbocycles. The fraction of sp³-hybridized carbons (Fsp3) is 0.571. The van der Waals surface area contributed by atoms with Crippen LogP contribution in [-0.2, 0) is 6.54 Å². The normalized spacial score (nSPS) is 17.4. The minimum Gasteiger partial charge on any atom is -0.348 e. The quantitative estimate of drug-likeness (QED) is 0.821. The van der Waals surface area contributed by atoms with Crippen molar-refractivity contribution < 1.29 is 4.79 Å². The number of nitrogens with zero attached hydrogens (tertiary/aromatic N) is 2. The fourth-order valence-corrected chi connectivity index (χ4v) is 2.44. The molecule has 19 heavy (non-hydrogen) atoms. The van der Waals surface area contributed by atoms with Gasteiger partial charge in [0.1, 0.15) is 0 Å². The van der Waals surface area contributed by atoms with E-state index in [0.717, 1.165) is 25.3 Å². The first kappa shape index (κ1) is 14.0. The number of nitrogens with two attached hydrogens (primary N) is 1. The highest BCUT2D eigenvalue weighted by atomic mass is 16.1. The van der Waals surface area contributed by atoms with Crippen LogP contribution in [0.5, 0.6) is 0 Å². The van der Waals surface area contributed by atoms with E-state index in [0.29, 0.717) is 12.1 Å². The van der Waals surface area contributed by atoms with E-state index in [9.17, 15) is 4.79 Å². The number of carbonyl (C=O) groups excluding carboxylic acids is 1. The second-order valence-corrected chi connectivity index (χ2v) is 5.12. The predicted molar refractivity (Wildman–Crippen MR) is 74.7 cm³/mol. The molecule has 1 aromatic heterocycles. The molecule has 104 valence electrons. The summed E-state index contributed by atoms with van der Waals surface area (Å²) in [7, 11) is 0. The first-order chi connectivity index (χ1) is 9.19. The number of rotatable bonds is 5. The van der Waals surface area contributed by atoms with Crippen molar-refractivity contribution in [3.05, 3.63) is 29.6 Å². The number of carbonyl (C=O) groups is 1. The Hall–Kier alpha value is -1.46. The van der Waals surface area contributed by atoms with Gasteiger partial charge in [0.05, 0.1) is 5.69 Å². The third kappa shape index (κ3) is 4.01. The van der Waals surface area contributed by atoms with Crippen molar-refractivity contribution in [1.29, 1.82) is 0 Å². The average molecular weight is 262 g/mol. The molecule has 0 bridgehead atoms.